The number of amides is 2. The minimum atomic E-state index is -3.78. The molecule has 196 valence electrons. The highest BCUT2D eigenvalue weighted by molar-refractivity contribution is 7.92. The van der Waals surface area contributed by atoms with Crippen molar-refractivity contribution in [3.05, 3.63) is 102 Å². The van der Waals surface area contributed by atoms with Gasteiger partial charge in [-0.1, -0.05) is 78.9 Å². The number of sulfonamides is 1. The molecular formula is C29H35N3O4S. The maximum Gasteiger partial charge on any atom is 0.244 e. The van der Waals surface area contributed by atoms with Crippen LogP contribution in [0.15, 0.2) is 84.9 Å². The molecule has 0 unspecified atom stereocenters. The first-order valence-corrected chi connectivity index (χ1v) is 14.1. The van der Waals surface area contributed by atoms with Gasteiger partial charge in [-0.2, -0.15) is 0 Å². The summed E-state index contributed by atoms with van der Waals surface area (Å²) in [7, 11) is -3.78. The summed E-state index contributed by atoms with van der Waals surface area (Å²) in [5.41, 5.74) is 2.90. The molecule has 0 aliphatic heterocycles. The van der Waals surface area contributed by atoms with E-state index in [0.717, 1.165) is 27.3 Å². The molecule has 2 amide bonds. The van der Waals surface area contributed by atoms with Gasteiger partial charge in [0, 0.05) is 19.0 Å². The van der Waals surface area contributed by atoms with E-state index >= 15 is 0 Å². The quantitative estimate of drug-likeness (QED) is 0.414. The lowest BCUT2D eigenvalue weighted by atomic mass is 10.0. The summed E-state index contributed by atoms with van der Waals surface area (Å²) < 4.78 is 26.7. The molecule has 8 heteroatoms. The van der Waals surface area contributed by atoms with Crippen LogP contribution in [0.4, 0.5) is 5.69 Å². The number of carbonyl (C=O) groups excluding carboxylic acids is 2. The van der Waals surface area contributed by atoms with Gasteiger partial charge in [0.15, 0.2) is 0 Å². The minimum Gasteiger partial charge on any atom is -0.352 e. The number of anilines is 1. The third-order valence-electron chi connectivity index (χ3n) is 5.96. The molecule has 0 spiro atoms. The number of nitrogens with one attached hydrogen (secondary N) is 1. The Morgan fingerprint density at radius 1 is 0.838 bits per heavy atom. The lowest BCUT2D eigenvalue weighted by Crippen LogP contribution is -2.54. The number of hydrogen-bond acceptors (Lipinski definition) is 4. The Bertz CT molecular complexity index is 1290. The van der Waals surface area contributed by atoms with Gasteiger partial charge in [0.1, 0.15) is 12.6 Å². The Morgan fingerprint density at radius 3 is 1.92 bits per heavy atom. The van der Waals surface area contributed by atoms with Gasteiger partial charge in [0.05, 0.1) is 11.9 Å². The molecule has 3 aromatic rings. The van der Waals surface area contributed by atoms with Crippen LogP contribution in [0.3, 0.4) is 0 Å². The monoisotopic (exact) mass is 521 g/mol. The van der Waals surface area contributed by atoms with E-state index in [1.165, 1.54) is 4.90 Å². The zero-order valence-corrected chi connectivity index (χ0v) is 22.6. The fourth-order valence-electron chi connectivity index (χ4n) is 4.15. The Balaban J connectivity index is 2.04. The summed E-state index contributed by atoms with van der Waals surface area (Å²) in [4.78, 5) is 28.9. The molecule has 0 heterocycles. The normalized spacial score (nSPS) is 12.1. The number of para-hydroxylation sites is 1. The lowest BCUT2D eigenvalue weighted by Gasteiger charge is -2.34. The molecule has 0 aliphatic rings. The van der Waals surface area contributed by atoms with Gasteiger partial charge < -0.3 is 10.2 Å². The van der Waals surface area contributed by atoms with E-state index in [9.17, 15) is 18.0 Å². The van der Waals surface area contributed by atoms with Crippen molar-refractivity contribution in [3.8, 4) is 0 Å². The van der Waals surface area contributed by atoms with Gasteiger partial charge in [0.25, 0.3) is 0 Å². The van der Waals surface area contributed by atoms with Crippen molar-refractivity contribution >= 4 is 27.5 Å². The summed E-state index contributed by atoms with van der Waals surface area (Å²) in [6.07, 6.45) is 1.38. The van der Waals surface area contributed by atoms with Gasteiger partial charge in [-0.25, -0.2) is 8.42 Å². The van der Waals surface area contributed by atoms with Crippen molar-refractivity contribution in [3.63, 3.8) is 0 Å². The van der Waals surface area contributed by atoms with Crippen LogP contribution in [-0.2, 0) is 32.6 Å². The van der Waals surface area contributed by atoms with Crippen LogP contribution in [0.25, 0.3) is 0 Å². The number of rotatable bonds is 11. The van der Waals surface area contributed by atoms with E-state index < -0.39 is 28.5 Å². The van der Waals surface area contributed by atoms with Gasteiger partial charge in [-0.15, -0.1) is 0 Å². The van der Waals surface area contributed by atoms with Crippen LogP contribution >= 0.6 is 0 Å². The summed E-state index contributed by atoms with van der Waals surface area (Å²) >= 11 is 0. The van der Waals surface area contributed by atoms with Crippen LogP contribution < -0.4 is 9.62 Å². The highest BCUT2D eigenvalue weighted by Gasteiger charge is 2.33. The van der Waals surface area contributed by atoms with Crippen LogP contribution in [0.1, 0.15) is 30.5 Å². The van der Waals surface area contributed by atoms with E-state index in [2.05, 4.69) is 5.32 Å². The van der Waals surface area contributed by atoms with E-state index in [1.54, 1.807) is 25.1 Å². The standard InChI is InChI=1S/C29H35N3O4S/c1-22(2)30-29(34)27(19-24-14-7-5-8-15-24)31(20-25-16-9-6-10-17-25)28(33)21-32(37(4,35)36)26-18-12-11-13-23(26)3/h5-18,22,27H,19-21H2,1-4H3,(H,30,34)/t27-/m1/s1. The smallest absolute Gasteiger partial charge is 0.244 e. The van der Waals surface area contributed by atoms with Crippen molar-refractivity contribution < 1.29 is 18.0 Å². The Labute approximate surface area is 220 Å². The Kier molecular flexibility index (Phi) is 9.47. The summed E-state index contributed by atoms with van der Waals surface area (Å²) in [6.45, 7) is 5.27. The second-order valence-corrected chi connectivity index (χ2v) is 11.3. The predicted molar refractivity (Wildman–Crippen MR) is 148 cm³/mol. The van der Waals surface area contributed by atoms with Gasteiger partial charge in [0.2, 0.25) is 21.8 Å². The third kappa shape index (κ3) is 7.92. The second-order valence-electron chi connectivity index (χ2n) is 9.43. The number of benzene rings is 3. The molecule has 3 aromatic carbocycles. The average molecular weight is 522 g/mol. The summed E-state index contributed by atoms with van der Waals surface area (Å²) in [5, 5.41) is 2.94. The zero-order valence-electron chi connectivity index (χ0n) is 21.8. The van der Waals surface area contributed by atoms with Crippen LogP contribution in [-0.4, -0.2) is 50.0 Å². The SMILES string of the molecule is Cc1ccccc1N(CC(=O)N(Cc1ccccc1)[C@H](Cc1ccccc1)C(=O)NC(C)C)S(C)(=O)=O. The fourth-order valence-corrected chi connectivity index (χ4v) is 5.06. The summed E-state index contributed by atoms with van der Waals surface area (Å²) in [6, 6.07) is 25.0. The van der Waals surface area contributed by atoms with Gasteiger partial charge in [-0.3, -0.25) is 13.9 Å². The van der Waals surface area contributed by atoms with E-state index in [-0.39, 0.29) is 18.5 Å². The summed E-state index contributed by atoms with van der Waals surface area (Å²) in [5.74, 6) is -0.748. The Hall–Kier alpha value is -3.65. The first-order valence-electron chi connectivity index (χ1n) is 12.3. The zero-order chi connectivity index (χ0) is 27.0. The first kappa shape index (κ1) is 27.9. The van der Waals surface area contributed by atoms with Crippen LogP contribution in [0, 0.1) is 6.92 Å². The largest absolute Gasteiger partial charge is 0.352 e. The third-order valence-corrected chi connectivity index (χ3v) is 7.09. The van der Waals surface area contributed by atoms with E-state index in [1.807, 2.05) is 80.6 Å². The highest BCUT2D eigenvalue weighted by atomic mass is 32.2. The van der Waals surface area contributed by atoms with Gasteiger partial charge in [-0.05, 0) is 43.5 Å². The molecule has 7 nitrogen and oxygen atoms in total. The molecular weight excluding hydrogens is 486 g/mol. The molecule has 0 saturated heterocycles. The van der Waals surface area contributed by atoms with E-state index in [4.69, 9.17) is 0 Å². The minimum absolute atomic E-state index is 0.126. The van der Waals surface area contributed by atoms with Crippen molar-refractivity contribution in [1.82, 2.24) is 10.2 Å². The lowest BCUT2D eigenvalue weighted by molar-refractivity contribution is -0.140. The van der Waals surface area contributed by atoms with Crippen molar-refractivity contribution in [2.24, 2.45) is 0 Å². The van der Waals surface area contributed by atoms with Crippen LogP contribution in [0.5, 0.6) is 0 Å². The molecule has 0 bridgehead atoms. The molecule has 1 atom stereocenters. The maximum absolute atomic E-state index is 14.0. The van der Waals surface area contributed by atoms with E-state index in [0.29, 0.717) is 12.1 Å². The fraction of sp³-hybridized carbons (Fsp3) is 0.310. The molecule has 3 rings (SSSR count). The number of hydrogen-bond donors (Lipinski definition) is 1. The number of aryl methyl sites for hydroxylation is 1. The second kappa shape index (κ2) is 12.5. The average Bonchev–Trinajstić information content (AvgIpc) is 2.85. The highest BCUT2D eigenvalue weighted by Crippen LogP contribution is 2.23. The van der Waals surface area contributed by atoms with Crippen LogP contribution in [0.2, 0.25) is 0 Å². The molecule has 0 radical (unpaired) electrons. The topological polar surface area (TPSA) is 86.8 Å². The van der Waals surface area contributed by atoms with Gasteiger partial charge >= 0.3 is 0 Å². The molecule has 0 aromatic heterocycles. The molecule has 0 saturated carbocycles. The number of carbonyl (C=O) groups is 2. The predicted octanol–water partition coefficient (Wildman–Crippen LogP) is 3.93. The van der Waals surface area contributed by atoms with Crippen molar-refractivity contribution in [1.29, 1.82) is 0 Å². The van der Waals surface area contributed by atoms with Crippen molar-refractivity contribution in [2.45, 2.75) is 45.8 Å². The molecule has 37 heavy (non-hydrogen) atoms. The first-order chi connectivity index (χ1) is 17.6. The number of nitrogens with zero attached hydrogens (tertiary/aromatic N) is 2. The molecule has 0 fully saturated rings. The maximum atomic E-state index is 14.0. The van der Waals surface area contributed by atoms with Crippen molar-refractivity contribution in [2.75, 3.05) is 17.1 Å². The molecule has 0 aliphatic carbocycles. The Morgan fingerprint density at radius 2 is 1.38 bits per heavy atom. The molecule has 1 N–H and O–H groups in total.